The average Bonchev–Trinajstić information content (AvgIpc) is 0.918. The number of halogens is 2. The van der Waals surface area contributed by atoms with Crippen molar-refractivity contribution in [2.24, 2.45) is 0 Å². The Kier molecular flexibility index (Phi) is 20.0. The van der Waals surface area contributed by atoms with Crippen LogP contribution in [0.5, 0.6) is 0 Å². The number of rotatable bonds is 0. The molecule has 0 nitrogen and oxygen atoms in total. The van der Waals surface area contributed by atoms with Crippen molar-refractivity contribution in [1.82, 2.24) is 0 Å². The smallest absolute Gasteiger partial charge is 0.0967 e. The summed E-state index contributed by atoms with van der Waals surface area (Å²) in [5.74, 6) is 0. The predicted molar refractivity (Wildman–Crippen MR) is 22.3 cm³/mol. The molecule has 0 bridgehead atoms. The largest absolute Gasteiger partial charge is 0.109 e. The number of hydrogen-bond acceptors (Lipinski definition) is 0. The third-order valence-corrected chi connectivity index (χ3v) is 0. The van der Waals surface area contributed by atoms with E-state index in [2.05, 4.69) is 0 Å². The van der Waals surface area contributed by atoms with E-state index in [1.165, 1.54) is 0 Å². The fourth-order valence-corrected chi connectivity index (χ4v) is 0. The third kappa shape index (κ3) is 9.72. The standard InChI is InChI=1S/CH2Cl2.Pb/c2-1-3;/h1H2;. The minimum absolute atomic E-state index is 0. The van der Waals surface area contributed by atoms with E-state index >= 15 is 0 Å². The first kappa shape index (κ1) is 9.09. The van der Waals surface area contributed by atoms with Crippen LogP contribution in [0.4, 0.5) is 0 Å². The van der Waals surface area contributed by atoms with Gasteiger partial charge in [0.05, 0.1) is 5.34 Å². The van der Waals surface area contributed by atoms with Crippen LogP contribution in [0.3, 0.4) is 0 Å². The summed E-state index contributed by atoms with van der Waals surface area (Å²) >= 11 is 9.53. The molecule has 0 saturated heterocycles. The Labute approximate surface area is 55.6 Å². The SMILES string of the molecule is ClCCl.[Pb]. The minimum Gasteiger partial charge on any atom is -0.109 e. The number of hydrogen-bond donors (Lipinski definition) is 0. The van der Waals surface area contributed by atoms with Crippen LogP contribution in [0, 0.1) is 0 Å². The zero-order valence-corrected chi connectivity index (χ0v) is 7.36. The van der Waals surface area contributed by atoms with Gasteiger partial charge in [0.15, 0.2) is 0 Å². The van der Waals surface area contributed by atoms with Crippen LogP contribution in [0.2, 0.25) is 0 Å². The molecule has 0 heterocycles. The topological polar surface area (TPSA) is 0 Å². The Morgan fingerprint density at radius 2 is 1.25 bits per heavy atom. The Morgan fingerprint density at radius 1 is 1.25 bits per heavy atom. The molecule has 0 atom stereocenters. The molecule has 4 heavy (non-hydrogen) atoms. The molecule has 0 aromatic heterocycles. The Bertz CT molecular complexity index is 6.00. The van der Waals surface area contributed by atoms with E-state index in [1.807, 2.05) is 0 Å². The summed E-state index contributed by atoms with van der Waals surface area (Å²) in [6.45, 7) is 0. The zero-order valence-electron chi connectivity index (χ0n) is 1.96. The van der Waals surface area contributed by atoms with Gasteiger partial charge in [0.1, 0.15) is 0 Å². The Balaban J connectivity index is 0. The summed E-state index contributed by atoms with van der Waals surface area (Å²) in [6.07, 6.45) is 0. The molecule has 0 N–H and O–H groups in total. The summed E-state index contributed by atoms with van der Waals surface area (Å²) in [5.41, 5.74) is 0. The van der Waals surface area contributed by atoms with E-state index in [0.29, 0.717) is 0 Å². The second-order valence-electron chi connectivity index (χ2n) is 0.101. The fraction of sp³-hybridized carbons (Fsp3) is 1.00. The van der Waals surface area contributed by atoms with Crippen LogP contribution in [0.15, 0.2) is 0 Å². The molecule has 0 rings (SSSR count). The summed E-state index contributed by atoms with van der Waals surface area (Å²) < 4.78 is 0. The van der Waals surface area contributed by atoms with Gasteiger partial charge < -0.3 is 0 Å². The zero-order chi connectivity index (χ0) is 2.71. The molecule has 0 amide bonds. The van der Waals surface area contributed by atoms with E-state index in [0.717, 1.165) is 0 Å². The normalized spacial score (nSPS) is 4.50. The molecule has 0 aliphatic rings. The van der Waals surface area contributed by atoms with Gasteiger partial charge in [-0.05, 0) is 0 Å². The van der Waals surface area contributed by atoms with Gasteiger partial charge >= 0.3 is 0 Å². The maximum Gasteiger partial charge on any atom is 0.0967 e. The van der Waals surface area contributed by atoms with Crippen LogP contribution in [0.1, 0.15) is 0 Å². The van der Waals surface area contributed by atoms with Gasteiger partial charge in [-0.25, -0.2) is 0 Å². The van der Waals surface area contributed by atoms with Crippen molar-refractivity contribution in [3.63, 3.8) is 0 Å². The van der Waals surface area contributed by atoms with Crippen molar-refractivity contribution in [1.29, 1.82) is 0 Å². The van der Waals surface area contributed by atoms with Gasteiger partial charge in [0, 0.05) is 27.3 Å². The van der Waals surface area contributed by atoms with Crippen LogP contribution >= 0.6 is 23.2 Å². The molecule has 0 spiro atoms. The van der Waals surface area contributed by atoms with Gasteiger partial charge in [0.2, 0.25) is 0 Å². The molecule has 0 aromatic carbocycles. The van der Waals surface area contributed by atoms with Crippen molar-refractivity contribution >= 4 is 50.5 Å². The van der Waals surface area contributed by atoms with E-state index in [4.69, 9.17) is 23.2 Å². The Hall–Kier alpha value is 1.50. The molecular weight excluding hydrogens is 290 g/mol. The van der Waals surface area contributed by atoms with E-state index in [-0.39, 0.29) is 32.6 Å². The molecule has 0 aliphatic heterocycles. The van der Waals surface area contributed by atoms with Gasteiger partial charge in [-0.1, -0.05) is 0 Å². The maximum atomic E-state index is 4.76. The second-order valence-corrected chi connectivity index (χ2v) is 0.909. The molecule has 0 unspecified atom stereocenters. The summed E-state index contributed by atoms with van der Waals surface area (Å²) in [5, 5.41) is 0.194. The summed E-state index contributed by atoms with van der Waals surface area (Å²) in [6, 6.07) is 0. The molecule has 24 valence electrons. The Morgan fingerprint density at radius 3 is 1.25 bits per heavy atom. The third-order valence-electron chi connectivity index (χ3n) is 0. The van der Waals surface area contributed by atoms with E-state index in [1.54, 1.807) is 0 Å². The van der Waals surface area contributed by atoms with Crippen molar-refractivity contribution in [2.45, 2.75) is 0 Å². The quantitative estimate of drug-likeness (QED) is 0.462. The fourth-order valence-electron chi connectivity index (χ4n) is 0. The summed E-state index contributed by atoms with van der Waals surface area (Å²) in [7, 11) is 0. The number of alkyl halides is 2. The van der Waals surface area contributed by atoms with Gasteiger partial charge in [-0.2, -0.15) is 0 Å². The minimum atomic E-state index is 0. The van der Waals surface area contributed by atoms with Crippen molar-refractivity contribution < 1.29 is 0 Å². The van der Waals surface area contributed by atoms with Crippen molar-refractivity contribution in [2.75, 3.05) is 5.34 Å². The molecule has 4 radical (unpaired) electrons. The van der Waals surface area contributed by atoms with Crippen LogP contribution in [-0.2, 0) is 0 Å². The van der Waals surface area contributed by atoms with Gasteiger partial charge in [-0.3, -0.25) is 0 Å². The molecular formula is CH2Cl2Pb. The first-order chi connectivity index (χ1) is 1.41. The van der Waals surface area contributed by atoms with Crippen molar-refractivity contribution in [3.05, 3.63) is 0 Å². The van der Waals surface area contributed by atoms with E-state index in [9.17, 15) is 0 Å². The van der Waals surface area contributed by atoms with Crippen LogP contribution in [0.25, 0.3) is 0 Å². The average molecular weight is 292 g/mol. The van der Waals surface area contributed by atoms with Gasteiger partial charge in [0.25, 0.3) is 0 Å². The maximum absolute atomic E-state index is 4.76. The van der Waals surface area contributed by atoms with Gasteiger partial charge in [-0.15, -0.1) is 23.2 Å². The molecule has 3 heteroatoms. The predicted octanol–water partition coefficient (Wildman–Crippen LogP) is 1.04. The summed E-state index contributed by atoms with van der Waals surface area (Å²) in [4.78, 5) is 0. The van der Waals surface area contributed by atoms with Crippen LogP contribution < -0.4 is 0 Å². The molecule has 0 aliphatic carbocycles. The van der Waals surface area contributed by atoms with E-state index < -0.39 is 0 Å². The van der Waals surface area contributed by atoms with Crippen molar-refractivity contribution in [3.8, 4) is 0 Å². The second kappa shape index (κ2) is 8.82. The first-order valence-electron chi connectivity index (χ1n) is 0.535. The van der Waals surface area contributed by atoms with Crippen LogP contribution in [-0.4, -0.2) is 32.6 Å². The first-order valence-corrected chi connectivity index (χ1v) is 1.60. The molecule has 0 fully saturated rings. The monoisotopic (exact) mass is 292 g/mol. The molecule has 0 saturated carbocycles. The molecule has 0 aromatic rings.